The van der Waals surface area contributed by atoms with Crippen LogP contribution in [0.1, 0.15) is 35.7 Å². The third-order valence-corrected chi connectivity index (χ3v) is 3.99. The van der Waals surface area contributed by atoms with Crippen LogP contribution in [0.4, 0.5) is 18.9 Å². The number of aldehydes is 1. The Morgan fingerprint density at radius 3 is 2.67 bits per heavy atom. The minimum absolute atomic E-state index is 0.238. The zero-order chi connectivity index (χ0) is 15.7. The molecule has 21 heavy (non-hydrogen) atoms. The van der Waals surface area contributed by atoms with Crippen LogP contribution in [-0.2, 0) is 10.9 Å². The van der Waals surface area contributed by atoms with Gasteiger partial charge in [0.25, 0.3) is 0 Å². The maximum Gasteiger partial charge on any atom is 0.417 e. The van der Waals surface area contributed by atoms with Crippen LogP contribution in [0.2, 0.25) is 0 Å². The number of ether oxygens (including phenoxy) is 1. The minimum atomic E-state index is -4.54. The number of carbonyl (C=O) groups excluding carboxylic acids is 1. The van der Waals surface area contributed by atoms with Gasteiger partial charge in [0.15, 0.2) is 6.29 Å². The van der Waals surface area contributed by atoms with Gasteiger partial charge in [-0.1, -0.05) is 0 Å². The molecule has 0 saturated carbocycles. The fourth-order valence-electron chi connectivity index (χ4n) is 2.68. The summed E-state index contributed by atoms with van der Waals surface area (Å²) >= 11 is 0. The summed E-state index contributed by atoms with van der Waals surface area (Å²) in [4.78, 5) is 12.6. The lowest BCUT2D eigenvalue weighted by Crippen LogP contribution is -2.47. The number of hydrogen-bond donors (Lipinski definition) is 0. The van der Waals surface area contributed by atoms with Gasteiger partial charge in [-0.2, -0.15) is 13.2 Å². The number of rotatable bonds is 3. The third kappa shape index (κ3) is 3.37. The van der Waals surface area contributed by atoms with Crippen LogP contribution in [-0.4, -0.2) is 32.1 Å². The van der Waals surface area contributed by atoms with E-state index in [0.29, 0.717) is 18.8 Å². The molecule has 1 aromatic rings. The zero-order valence-corrected chi connectivity index (χ0v) is 12.0. The molecule has 1 saturated heterocycles. The van der Waals surface area contributed by atoms with Crippen LogP contribution < -0.4 is 4.90 Å². The Kier molecular flexibility index (Phi) is 4.27. The highest BCUT2D eigenvalue weighted by molar-refractivity contribution is 5.79. The van der Waals surface area contributed by atoms with Gasteiger partial charge in [0.1, 0.15) is 0 Å². The fraction of sp³-hybridized carbons (Fsp3) is 0.533. The summed E-state index contributed by atoms with van der Waals surface area (Å²) in [5, 5.41) is 0. The van der Waals surface area contributed by atoms with E-state index in [9.17, 15) is 18.0 Å². The first kappa shape index (κ1) is 15.8. The number of halogens is 3. The SMILES string of the molecule is COC1(C)CCCN(c2ccc(C=O)c(C(F)(F)F)c2)C1. The molecule has 1 aromatic carbocycles. The average Bonchev–Trinajstić information content (AvgIpc) is 2.46. The Morgan fingerprint density at radius 1 is 1.38 bits per heavy atom. The summed E-state index contributed by atoms with van der Waals surface area (Å²) in [5.74, 6) is 0. The summed E-state index contributed by atoms with van der Waals surface area (Å²) in [6.45, 7) is 3.15. The lowest BCUT2D eigenvalue weighted by atomic mass is 9.94. The van der Waals surface area contributed by atoms with Gasteiger partial charge in [-0.25, -0.2) is 0 Å². The molecule has 0 spiro atoms. The molecular weight excluding hydrogens is 283 g/mol. The first-order chi connectivity index (χ1) is 9.79. The van der Waals surface area contributed by atoms with Gasteiger partial charge >= 0.3 is 6.18 Å². The molecule has 0 amide bonds. The van der Waals surface area contributed by atoms with Crippen molar-refractivity contribution >= 4 is 12.0 Å². The summed E-state index contributed by atoms with van der Waals surface area (Å²) in [7, 11) is 1.61. The second-order valence-corrected chi connectivity index (χ2v) is 5.57. The zero-order valence-electron chi connectivity index (χ0n) is 12.0. The quantitative estimate of drug-likeness (QED) is 0.800. The number of methoxy groups -OCH3 is 1. The molecule has 0 radical (unpaired) electrons. The molecule has 116 valence electrons. The second-order valence-electron chi connectivity index (χ2n) is 5.57. The molecule has 1 atom stereocenters. The lowest BCUT2D eigenvalue weighted by Gasteiger charge is -2.40. The molecule has 3 nitrogen and oxygen atoms in total. The van der Waals surface area contributed by atoms with Crippen LogP contribution >= 0.6 is 0 Å². The average molecular weight is 301 g/mol. The first-order valence-electron chi connectivity index (χ1n) is 6.75. The number of piperidine rings is 1. The molecule has 0 aromatic heterocycles. The van der Waals surface area contributed by atoms with E-state index in [-0.39, 0.29) is 17.5 Å². The predicted molar refractivity (Wildman–Crippen MR) is 73.7 cm³/mol. The Balaban J connectivity index is 2.34. The Labute approximate surface area is 121 Å². The highest BCUT2D eigenvalue weighted by Gasteiger charge is 2.35. The van der Waals surface area contributed by atoms with Gasteiger partial charge in [-0.15, -0.1) is 0 Å². The van der Waals surface area contributed by atoms with Crippen molar-refractivity contribution in [3.8, 4) is 0 Å². The van der Waals surface area contributed by atoms with E-state index in [0.717, 1.165) is 18.9 Å². The largest absolute Gasteiger partial charge is 0.417 e. The topological polar surface area (TPSA) is 29.5 Å². The molecule has 0 bridgehead atoms. The van der Waals surface area contributed by atoms with Crippen molar-refractivity contribution < 1.29 is 22.7 Å². The summed E-state index contributed by atoms with van der Waals surface area (Å²) in [6, 6.07) is 3.83. The Bertz CT molecular complexity index is 530. The highest BCUT2D eigenvalue weighted by atomic mass is 19.4. The smallest absolute Gasteiger partial charge is 0.377 e. The van der Waals surface area contributed by atoms with Gasteiger partial charge in [0.05, 0.1) is 11.2 Å². The van der Waals surface area contributed by atoms with Crippen molar-refractivity contribution in [2.24, 2.45) is 0 Å². The van der Waals surface area contributed by atoms with Crippen LogP contribution in [0.25, 0.3) is 0 Å². The van der Waals surface area contributed by atoms with E-state index in [1.165, 1.54) is 6.07 Å². The number of nitrogens with zero attached hydrogens (tertiary/aromatic N) is 1. The van der Waals surface area contributed by atoms with Crippen LogP contribution in [0, 0.1) is 0 Å². The van der Waals surface area contributed by atoms with Crippen molar-refractivity contribution in [1.82, 2.24) is 0 Å². The maximum absolute atomic E-state index is 13.0. The number of benzene rings is 1. The van der Waals surface area contributed by atoms with Gasteiger partial charge in [0.2, 0.25) is 0 Å². The van der Waals surface area contributed by atoms with Crippen LogP contribution in [0.15, 0.2) is 18.2 Å². The molecule has 0 N–H and O–H groups in total. The lowest BCUT2D eigenvalue weighted by molar-refractivity contribution is -0.137. The minimum Gasteiger partial charge on any atom is -0.377 e. The number of anilines is 1. The van der Waals surface area contributed by atoms with E-state index < -0.39 is 11.7 Å². The number of alkyl halides is 3. The molecule has 1 aliphatic heterocycles. The molecule has 1 unspecified atom stereocenters. The fourth-order valence-corrected chi connectivity index (χ4v) is 2.68. The predicted octanol–water partition coefficient (Wildman–Crippen LogP) is 3.52. The number of hydrogen-bond acceptors (Lipinski definition) is 3. The van der Waals surface area contributed by atoms with Crippen LogP contribution in [0.3, 0.4) is 0 Å². The standard InChI is InChI=1S/C15H18F3NO2/c1-14(21-2)6-3-7-19(10-14)12-5-4-11(9-20)13(8-12)15(16,17)18/h4-5,8-9H,3,6-7,10H2,1-2H3. The third-order valence-electron chi connectivity index (χ3n) is 3.99. The summed E-state index contributed by atoms with van der Waals surface area (Å²) in [6.07, 6.45) is -2.58. The second kappa shape index (κ2) is 5.67. The summed E-state index contributed by atoms with van der Waals surface area (Å²) in [5.41, 5.74) is -1.12. The van der Waals surface area contributed by atoms with Crippen molar-refractivity contribution in [3.63, 3.8) is 0 Å². The molecule has 0 aliphatic carbocycles. The van der Waals surface area contributed by atoms with Gasteiger partial charge in [-0.05, 0) is 38.0 Å². The van der Waals surface area contributed by atoms with Gasteiger partial charge in [-0.3, -0.25) is 4.79 Å². The van der Waals surface area contributed by atoms with Crippen molar-refractivity contribution in [1.29, 1.82) is 0 Å². The monoisotopic (exact) mass is 301 g/mol. The highest BCUT2D eigenvalue weighted by Crippen LogP contribution is 2.35. The Morgan fingerprint density at radius 2 is 2.10 bits per heavy atom. The first-order valence-corrected chi connectivity index (χ1v) is 6.75. The van der Waals surface area contributed by atoms with E-state index in [2.05, 4.69) is 0 Å². The Hall–Kier alpha value is -1.56. The van der Waals surface area contributed by atoms with Crippen molar-refractivity contribution in [3.05, 3.63) is 29.3 Å². The molecular formula is C15H18F3NO2. The van der Waals surface area contributed by atoms with Gasteiger partial charge < -0.3 is 9.64 Å². The van der Waals surface area contributed by atoms with Crippen molar-refractivity contribution in [2.45, 2.75) is 31.5 Å². The van der Waals surface area contributed by atoms with E-state index in [1.807, 2.05) is 11.8 Å². The van der Waals surface area contributed by atoms with Gasteiger partial charge in [0, 0.05) is 31.5 Å². The molecule has 1 heterocycles. The molecule has 6 heteroatoms. The molecule has 1 aliphatic rings. The van der Waals surface area contributed by atoms with Crippen LogP contribution in [0.5, 0.6) is 0 Å². The van der Waals surface area contributed by atoms with Crippen molar-refractivity contribution in [2.75, 3.05) is 25.1 Å². The van der Waals surface area contributed by atoms with E-state index in [1.54, 1.807) is 13.2 Å². The molecule has 1 fully saturated rings. The number of carbonyl (C=O) groups is 1. The summed E-state index contributed by atoms with van der Waals surface area (Å²) < 4.78 is 44.4. The normalized spacial score (nSPS) is 23.2. The molecule has 2 rings (SSSR count). The van der Waals surface area contributed by atoms with E-state index in [4.69, 9.17) is 4.74 Å². The maximum atomic E-state index is 13.0. The van der Waals surface area contributed by atoms with E-state index >= 15 is 0 Å².